The summed E-state index contributed by atoms with van der Waals surface area (Å²) in [5.74, 6) is 1.43. The molecule has 2 aromatic heterocycles. The van der Waals surface area contributed by atoms with Crippen molar-refractivity contribution in [1.82, 2.24) is 4.98 Å². The standard InChI is InChI=1S/C18H13N6O/c1-3-13-6-7-14(16-5-2-10-25-16)22-18(13)15(4-1)23-24-9-8-19-11-17(24)20-12-21-24/h1-12,23H/q+1. The van der Waals surface area contributed by atoms with Gasteiger partial charge in [0.25, 0.3) is 0 Å². The molecule has 1 aromatic carbocycles. The van der Waals surface area contributed by atoms with Crippen molar-refractivity contribution in [3.8, 4) is 11.5 Å². The summed E-state index contributed by atoms with van der Waals surface area (Å²) in [6, 6.07) is 13.7. The highest BCUT2D eigenvalue weighted by Crippen LogP contribution is 2.29. The molecule has 7 heteroatoms. The van der Waals surface area contributed by atoms with Crippen LogP contribution in [0.5, 0.6) is 0 Å². The van der Waals surface area contributed by atoms with E-state index in [9.17, 15) is 0 Å². The lowest BCUT2D eigenvalue weighted by molar-refractivity contribution is -0.766. The average molecular weight is 329 g/mol. The van der Waals surface area contributed by atoms with Gasteiger partial charge >= 0.3 is 5.84 Å². The highest BCUT2D eigenvalue weighted by atomic mass is 16.3. The highest BCUT2D eigenvalue weighted by Gasteiger charge is 2.38. The zero-order chi connectivity index (χ0) is 16.7. The number of furan rings is 1. The Hall–Kier alpha value is -3.58. The number of aromatic nitrogens is 1. The molecule has 5 rings (SSSR count). The fourth-order valence-electron chi connectivity index (χ4n) is 2.90. The largest absolute Gasteiger partial charge is 0.463 e. The summed E-state index contributed by atoms with van der Waals surface area (Å²) >= 11 is 0. The van der Waals surface area contributed by atoms with Crippen molar-refractivity contribution < 1.29 is 9.12 Å². The number of pyridine rings is 1. The maximum absolute atomic E-state index is 5.47. The molecule has 120 valence electrons. The first-order valence-electron chi connectivity index (χ1n) is 7.78. The van der Waals surface area contributed by atoms with Crippen LogP contribution in [0.3, 0.4) is 0 Å². The molecule has 1 N–H and O–H groups in total. The predicted molar refractivity (Wildman–Crippen MR) is 96.9 cm³/mol. The van der Waals surface area contributed by atoms with Crippen molar-refractivity contribution in [1.29, 1.82) is 0 Å². The van der Waals surface area contributed by atoms with Crippen LogP contribution < -0.4 is 5.43 Å². The van der Waals surface area contributed by atoms with Crippen molar-refractivity contribution >= 4 is 35.0 Å². The lowest BCUT2D eigenvalue weighted by atomic mass is 10.1. The Bertz CT molecular complexity index is 1080. The third kappa shape index (κ3) is 2.18. The van der Waals surface area contributed by atoms with Crippen LogP contribution in [0, 0.1) is 0 Å². The minimum absolute atomic E-state index is 0.0370. The molecular weight excluding hydrogens is 316 g/mol. The minimum Gasteiger partial charge on any atom is -0.463 e. The number of fused-ring (bicyclic) bond motifs is 2. The second kappa shape index (κ2) is 5.22. The topological polar surface area (TPSA) is 75.1 Å². The van der Waals surface area contributed by atoms with Gasteiger partial charge in [0, 0.05) is 5.39 Å². The lowest BCUT2D eigenvalue weighted by Crippen LogP contribution is -2.48. The van der Waals surface area contributed by atoms with Crippen molar-refractivity contribution in [3.63, 3.8) is 0 Å². The Morgan fingerprint density at radius 1 is 1.04 bits per heavy atom. The quantitative estimate of drug-likeness (QED) is 0.747. The molecule has 1 atom stereocenters. The summed E-state index contributed by atoms with van der Waals surface area (Å²) in [6.07, 6.45) is 8.38. The first-order chi connectivity index (χ1) is 12.3. The van der Waals surface area contributed by atoms with E-state index in [0.717, 1.165) is 28.0 Å². The van der Waals surface area contributed by atoms with Gasteiger partial charge in [-0.15, -0.1) is 0 Å². The van der Waals surface area contributed by atoms with E-state index >= 15 is 0 Å². The van der Waals surface area contributed by atoms with Crippen molar-refractivity contribution in [3.05, 3.63) is 61.1 Å². The van der Waals surface area contributed by atoms with Gasteiger partial charge in [-0.05, 0) is 34.1 Å². The van der Waals surface area contributed by atoms with Gasteiger partial charge in [0.05, 0.1) is 18.0 Å². The molecule has 3 aromatic rings. The number of rotatable bonds is 3. The van der Waals surface area contributed by atoms with Crippen molar-refractivity contribution in [2.45, 2.75) is 0 Å². The van der Waals surface area contributed by atoms with Gasteiger partial charge in [-0.2, -0.15) is 10.4 Å². The number of benzene rings is 1. The van der Waals surface area contributed by atoms with E-state index in [1.165, 1.54) is 6.34 Å². The number of nitrogens with one attached hydrogen (secondary N) is 1. The van der Waals surface area contributed by atoms with E-state index in [0.29, 0.717) is 5.84 Å². The maximum Gasteiger partial charge on any atom is 0.305 e. The molecule has 1 unspecified atom stereocenters. The van der Waals surface area contributed by atoms with Crippen LogP contribution in [0.2, 0.25) is 0 Å². The molecule has 2 aliphatic heterocycles. The van der Waals surface area contributed by atoms with Gasteiger partial charge in [0.2, 0.25) is 0 Å². The molecule has 4 heterocycles. The summed E-state index contributed by atoms with van der Waals surface area (Å²) in [5, 5.41) is 5.46. The second-order valence-electron chi connectivity index (χ2n) is 5.64. The minimum atomic E-state index is 0.0370. The summed E-state index contributed by atoms with van der Waals surface area (Å²) in [6.45, 7) is 0. The molecule has 2 aliphatic rings. The van der Waals surface area contributed by atoms with Gasteiger partial charge < -0.3 is 4.42 Å². The molecule has 0 aliphatic carbocycles. The third-order valence-corrected chi connectivity index (χ3v) is 4.12. The average Bonchev–Trinajstić information content (AvgIpc) is 3.31. The van der Waals surface area contributed by atoms with Crippen LogP contribution in [0.15, 0.2) is 80.6 Å². The number of quaternary nitrogens is 1. The number of hydrogen-bond donors (Lipinski definition) is 1. The Morgan fingerprint density at radius 3 is 2.96 bits per heavy atom. The third-order valence-electron chi connectivity index (χ3n) is 4.12. The van der Waals surface area contributed by atoms with Crippen LogP contribution in [0.25, 0.3) is 22.4 Å². The normalized spacial score (nSPS) is 20.7. The molecule has 0 saturated carbocycles. The van der Waals surface area contributed by atoms with E-state index in [-0.39, 0.29) is 4.70 Å². The van der Waals surface area contributed by atoms with Gasteiger partial charge in [-0.3, -0.25) is 4.99 Å². The summed E-state index contributed by atoms with van der Waals surface area (Å²) < 4.78 is 5.51. The van der Waals surface area contributed by atoms with Gasteiger partial charge in [-0.25, -0.2) is 4.98 Å². The first kappa shape index (κ1) is 13.8. The summed E-state index contributed by atoms with van der Waals surface area (Å²) in [4.78, 5) is 13.2. The molecule has 0 spiro atoms. The van der Waals surface area contributed by atoms with Gasteiger partial charge in [0.1, 0.15) is 17.6 Å². The van der Waals surface area contributed by atoms with Gasteiger partial charge in [-0.1, -0.05) is 18.2 Å². The van der Waals surface area contributed by atoms with Crippen LogP contribution in [0.4, 0.5) is 5.69 Å². The molecular formula is C18H13N6O+. The predicted octanol–water partition coefficient (Wildman–Crippen LogP) is 3.55. The summed E-state index contributed by atoms with van der Waals surface area (Å²) in [7, 11) is 0. The van der Waals surface area contributed by atoms with Crippen LogP contribution >= 0.6 is 0 Å². The molecule has 0 radical (unpaired) electrons. The lowest BCUT2D eigenvalue weighted by Gasteiger charge is -2.25. The molecule has 0 fully saturated rings. The second-order valence-corrected chi connectivity index (χ2v) is 5.64. The van der Waals surface area contributed by atoms with E-state index in [2.05, 4.69) is 20.5 Å². The Labute approximate surface area is 142 Å². The highest BCUT2D eigenvalue weighted by molar-refractivity contribution is 6.29. The Morgan fingerprint density at radius 2 is 2.04 bits per heavy atom. The fraction of sp³-hybridized carbons (Fsp3) is 0. The molecule has 0 saturated heterocycles. The van der Waals surface area contributed by atoms with E-state index < -0.39 is 0 Å². The molecule has 25 heavy (non-hydrogen) atoms. The van der Waals surface area contributed by atoms with Crippen LogP contribution in [0.1, 0.15) is 0 Å². The summed E-state index contributed by atoms with van der Waals surface area (Å²) in [5.41, 5.74) is 5.87. The van der Waals surface area contributed by atoms with E-state index in [4.69, 9.17) is 9.40 Å². The smallest absolute Gasteiger partial charge is 0.305 e. The first-order valence-corrected chi connectivity index (χ1v) is 7.78. The maximum atomic E-state index is 5.47. The van der Waals surface area contributed by atoms with Crippen LogP contribution in [-0.4, -0.2) is 28.1 Å². The number of anilines is 1. The van der Waals surface area contributed by atoms with Gasteiger partial charge in [0.15, 0.2) is 18.3 Å². The Kier molecular flexibility index (Phi) is 2.88. The van der Waals surface area contributed by atoms with Crippen molar-refractivity contribution in [2.24, 2.45) is 15.1 Å². The fourth-order valence-corrected chi connectivity index (χ4v) is 2.90. The van der Waals surface area contributed by atoms with Crippen LogP contribution in [-0.2, 0) is 0 Å². The number of nitrogens with zero attached hydrogens (tertiary/aromatic N) is 5. The Balaban J connectivity index is 1.63. The number of amidine groups is 1. The van der Waals surface area contributed by atoms with Crippen molar-refractivity contribution in [2.75, 3.05) is 5.43 Å². The number of para-hydroxylation sites is 1. The SMILES string of the molecule is C1=C[N+]2(Nc3cccc4ccc(-c5ccco5)nc34)N=CN=C2C=N1. The van der Waals surface area contributed by atoms with E-state index in [1.54, 1.807) is 18.7 Å². The zero-order valence-corrected chi connectivity index (χ0v) is 13.1. The van der Waals surface area contributed by atoms with E-state index in [1.807, 2.05) is 48.7 Å². The monoisotopic (exact) mass is 329 g/mol. The molecule has 0 bridgehead atoms. The number of hydrogen-bond acceptors (Lipinski definition) is 6. The zero-order valence-electron chi connectivity index (χ0n) is 13.1. The number of aliphatic imine (C=N–C) groups is 2. The molecule has 0 amide bonds. The molecule has 7 nitrogen and oxygen atoms in total.